The predicted octanol–water partition coefficient (Wildman–Crippen LogP) is 8.71. The van der Waals surface area contributed by atoms with Gasteiger partial charge in [-0.2, -0.15) is 0 Å². The highest BCUT2D eigenvalue weighted by atomic mass is 16.5. The molecule has 1 aromatic carbocycles. The van der Waals surface area contributed by atoms with E-state index in [0.717, 1.165) is 30.8 Å². The van der Waals surface area contributed by atoms with Gasteiger partial charge in [-0.1, -0.05) is 105 Å². The zero-order valence-electron chi connectivity index (χ0n) is 22.7. The first-order valence-electron chi connectivity index (χ1n) is 12.7. The number of ether oxygens (including phenoxy) is 1. The molecule has 33 heavy (non-hydrogen) atoms. The van der Waals surface area contributed by atoms with Crippen LogP contribution in [-0.2, 0) is 15.6 Å². The van der Waals surface area contributed by atoms with Gasteiger partial charge in [0, 0.05) is 11.6 Å². The quantitative estimate of drug-likeness (QED) is 0.194. The average Bonchev–Trinajstić information content (AvgIpc) is 2.68. The van der Waals surface area contributed by atoms with Crippen LogP contribution in [0.5, 0.6) is 5.75 Å². The van der Waals surface area contributed by atoms with Crippen molar-refractivity contribution >= 4 is 5.97 Å². The minimum Gasteiger partial charge on any atom is -0.493 e. The molecular formula is C30H48O3. The highest BCUT2D eigenvalue weighted by molar-refractivity contribution is 5.81. The van der Waals surface area contributed by atoms with Crippen molar-refractivity contribution in [3.63, 3.8) is 0 Å². The van der Waals surface area contributed by atoms with Crippen LogP contribution in [0.1, 0.15) is 123 Å². The second kappa shape index (κ2) is 13.0. The first-order chi connectivity index (χ1) is 15.3. The van der Waals surface area contributed by atoms with Crippen molar-refractivity contribution < 1.29 is 14.6 Å². The minimum atomic E-state index is -0.910. The first-order valence-corrected chi connectivity index (χ1v) is 12.7. The molecule has 0 heterocycles. The molecule has 1 unspecified atom stereocenters. The Labute approximate surface area is 203 Å². The third-order valence-electron chi connectivity index (χ3n) is 6.04. The van der Waals surface area contributed by atoms with Crippen LogP contribution in [0.2, 0.25) is 0 Å². The molecule has 0 aromatic heterocycles. The van der Waals surface area contributed by atoms with Crippen LogP contribution < -0.4 is 4.74 Å². The Bertz CT molecular complexity index is 816. The van der Waals surface area contributed by atoms with E-state index in [1.807, 2.05) is 13.0 Å². The van der Waals surface area contributed by atoms with E-state index < -0.39 is 5.97 Å². The molecule has 0 amide bonds. The summed E-state index contributed by atoms with van der Waals surface area (Å²) in [5, 5.41) is 8.94. The van der Waals surface area contributed by atoms with Crippen molar-refractivity contribution in [2.24, 2.45) is 0 Å². The lowest BCUT2D eigenvalue weighted by atomic mass is 9.77. The molecule has 0 fully saturated rings. The molecule has 1 rings (SSSR count). The van der Waals surface area contributed by atoms with Crippen LogP contribution in [0.15, 0.2) is 35.9 Å². The van der Waals surface area contributed by atoms with Crippen LogP contribution in [0, 0.1) is 0 Å². The largest absolute Gasteiger partial charge is 0.493 e. The lowest BCUT2D eigenvalue weighted by Gasteiger charge is -2.31. The summed E-state index contributed by atoms with van der Waals surface area (Å²) in [6.45, 7) is 20.6. The fraction of sp³-hybridized carbons (Fsp3) is 0.633. The maximum Gasteiger partial charge on any atom is 0.328 e. The average molecular weight is 457 g/mol. The SMILES string of the molecule is CCCCCCCOc1c(C(C)CC=CC(C)=CC(=O)O)cc(C(C)(C)C)cc1C(C)(C)C. The summed E-state index contributed by atoms with van der Waals surface area (Å²) in [4.78, 5) is 10.9. The Hall–Kier alpha value is -2.03. The van der Waals surface area contributed by atoms with Crippen molar-refractivity contribution in [2.75, 3.05) is 6.61 Å². The molecule has 3 nitrogen and oxygen atoms in total. The fourth-order valence-electron chi connectivity index (χ4n) is 3.88. The lowest BCUT2D eigenvalue weighted by molar-refractivity contribution is -0.131. The third kappa shape index (κ3) is 10.2. The molecule has 0 bridgehead atoms. The number of benzene rings is 1. The van der Waals surface area contributed by atoms with Crippen LogP contribution in [0.25, 0.3) is 0 Å². The topological polar surface area (TPSA) is 46.5 Å². The second-order valence-electron chi connectivity index (χ2n) is 11.5. The van der Waals surface area contributed by atoms with Gasteiger partial charge in [-0.15, -0.1) is 0 Å². The molecule has 0 saturated heterocycles. The number of carbonyl (C=O) groups is 1. The van der Waals surface area contributed by atoms with E-state index in [2.05, 4.69) is 73.6 Å². The van der Waals surface area contributed by atoms with E-state index in [-0.39, 0.29) is 16.7 Å². The molecule has 0 radical (unpaired) electrons. The fourth-order valence-corrected chi connectivity index (χ4v) is 3.88. The number of hydrogen-bond donors (Lipinski definition) is 1. The Morgan fingerprint density at radius 1 is 1.03 bits per heavy atom. The van der Waals surface area contributed by atoms with Crippen LogP contribution >= 0.6 is 0 Å². The van der Waals surface area contributed by atoms with E-state index in [1.54, 1.807) is 0 Å². The molecule has 0 spiro atoms. The Kier molecular flexibility index (Phi) is 11.4. The number of unbranched alkanes of at least 4 members (excludes halogenated alkanes) is 4. The van der Waals surface area contributed by atoms with Gasteiger partial charge >= 0.3 is 5.97 Å². The molecule has 1 atom stereocenters. The van der Waals surface area contributed by atoms with Crippen molar-refractivity contribution in [3.05, 3.63) is 52.6 Å². The molecule has 0 aliphatic heterocycles. The Balaban J connectivity index is 3.31. The third-order valence-corrected chi connectivity index (χ3v) is 6.04. The summed E-state index contributed by atoms with van der Waals surface area (Å²) in [5.74, 6) is 0.398. The zero-order valence-corrected chi connectivity index (χ0v) is 22.7. The standard InChI is InChI=1S/C30H48O3/c1-10-11-12-13-14-18-33-28-25(23(3)17-15-16-22(2)19-27(31)32)20-24(29(4,5)6)21-26(28)30(7,8)9/h15-16,19-21,23H,10-14,17-18H2,1-9H3,(H,31,32). The normalized spacial score (nSPS) is 14.0. The van der Waals surface area contributed by atoms with E-state index in [9.17, 15) is 4.79 Å². The second-order valence-corrected chi connectivity index (χ2v) is 11.5. The van der Waals surface area contributed by atoms with Crippen LogP contribution in [-0.4, -0.2) is 17.7 Å². The van der Waals surface area contributed by atoms with Crippen molar-refractivity contribution in [1.82, 2.24) is 0 Å². The molecule has 0 aliphatic carbocycles. The molecular weight excluding hydrogens is 408 g/mol. The maximum atomic E-state index is 10.9. The van der Waals surface area contributed by atoms with E-state index in [4.69, 9.17) is 9.84 Å². The van der Waals surface area contributed by atoms with Gasteiger partial charge in [0.15, 0.2) is 0 Å². The van der Waals surface area contributed by atoms with Gasteiger partial charge in [0.2, 0.25) is 0 Å². The van der Waals surface area contributed by atoms with Crippen molar-refractivity contribution in [2.45, 2.75) is 118 Å². The highest BCUT2D eigenvalue weighted by Crippen LogP contribution is 2.42. The monoisotopic (exact) mass is 456 g/mol. The van der Waals surface area contributed by atoms with Crippen LogP contribution in [0.3, 0.4) is 0 Å². The first kappa shape index (κ1) is 29.0. The summed E-state index contributed by atoms with van der Waals surface area (Å²) in [6, 6.07) is 4.68. The molecule has 1 N–H and O–H groups in total. The molecule has 0 saturated carbocycles. The summed E-state index contributed by atoms with van der Waals surface area (Å²) >= 11 is 0. The van der Waals surface area contributed by atoms with Gasteiger partial charge in [0.05, 0.1) is 6.61 Å². The highest BCUT2D eigenvalue weighted by Gasteiger charge is 2.27. The number of aliphatic carboxylic acids is 1. The van der Waals surface area contributed by atoms with E-state index in [1.165, 1.54) is 48.4 Å². The van der Waals surface area contributed by atoms with E-state index in [0.29, 0.717) is 0 Å². The van der Waals surface area contributed by atoms with Crippen molar-refractivity contribution in [3.8, 4) is 5.75 Å². The summed E-state index contributed by atoms with van der Waals surface area (Å²) in [6.07, 6.45) is 12.1. The van der Waals surface area contributed by atoms with Gasteiger partial charge in [-0.25, -0.2) is 4.79 Å². The number of rotatable bonds is 12. The molecule has 1 aromatic rings. The van der Waals surface area contributed by atoms with E-state index >= 15 is 0 Å². The summed E-state index contributed by atoms with van der Waals surface area (Å²) < 4.78 is 6.53. The number of carboxylic acids is 1. The molecule has 186 valence electrons. The summed E-state index contributed by atoms with van der Waals surface area (Å²) in [5.41, 5.74) is 4.63. The predicted molar refractivity (Wildman–Crippen MR) is 142 cm³/mol. The molecule has 3 heteroatoms. The van der Waals surface area contributed by atoms with Gasteiger partial charge in [0.1, 0.15) is 5.75 Å². The van der Waals surface area contributed by atoms with Crippen molar-refractivity contribution in [1.29, 1.82) is 0 Å². The van der Waals surface area contributed by atoms with Gasteiger partial charge < -0.3 is 9.84 Å². The molecule has 0 aliphatic rings. The number of allylic oxidation sites excluding steroid dienone is 3. The number of hydrogen-bond acceptors (Lipinski definition) is 2. The van der Waals surface area contributed by atoms with Crippen LogP contribution in [0.4, 0.5) is 0 Å². The van der Waals surface area contributed by atoms with Gasteiger partial charge in [0.25, 0.3) is 0 Å². The van der Waals surface area contributed by atoms with Gasteiger partial charge in [-0.05, 0) is 53.2 Å². The minimum absolute atomic E-state index is 0.0239. The maximum absolute atomic E-state index is 10.9. The zero-order chi connectivity index (χ0) is 25.2. The number of carboxylic acid groups (broad SMARTS) is 1. The lowest BCUT2D eigenvalue weighted by Crippen LogP contribution is -2.20. The van der Waals surface area contributed by atoms with Gasteiger partial charge in [-0.3, -0.25) is 0 Å². The Morgan fingerprint density at radius 3 is 2.21 bits per heavy atom. The summed E-state index contributed by atoms with van der Waals surface area (Å²) in [7, 11) is 0. The Morgan fingerprint density at radius 2 is 1.67 bits per heavy atom. The smallest absolute Gasteiger partial charge is 0.328 e.